The summed E-state index contributed by atoms with van der Waals surface area (Å²) in [5.74, 6) is 6.89. The van der Waals surface area contributed by atoms with Gasteiger partial charge in [-0.1, -0.05) is 33.1 Å². The molecule has 0 unspecified atom stereocenters. The number of hydrogen-bond donors (Lipinski definition) is 1. The Bertz CT molecular complexity index is 389. The Balaban J connectivity index is 2.49. The van der Waals surface area contributed by atoms with E-state index < -0.39 is 5.54 Å². The van der Waals surface area contributed by atoms with E-state index in [-0.39, 0.29) is 17.0 Å². The maximum atomic E-state index is 13.3. The predicted molar refractivity (Wildman–Crippen MR) is 86.6 cm³/mol. The maximum absolute atomic E-state index is 13.3. The second kappa shape index (κ2) is 5.54. The number of nitrogens with zero attached hydrogens (tertiary/aromatic N) is 2. The average Bonchev–Trinajstić information content (AvgIpc) is 2.46. The highest BCUT2D eigenvalue weighted by molar-refractivity contribution is 5.88. The molecule has 122 valence electrons. The van der Waals surface area contributed by atoms with Crippen LogP contribution < -0.4 is 5.84 Å². The zero-order chi connectivity index (χ0) is 15.9. The van der Waals surface area contributed by atoms with Crippen LogP contribution in [0.4, 0.5) is 0 Å². The molecule has 2 aliphatic rings. The van der Waals surface area contributed by atoms with Gasteiger partial charge in [-0.15, -0.1) is 0 Å². The molecule has 1 amide bonds. The molecule has 4 heteroatoms. The fourth-order valence-electron chi connectivity index (χ4n) is 4.20. The van der Waals surface area contributed by atoms with Gasteiger partial charge in [0.2, 0.25) is 5.91 Å². The zero-order valence-corrected chi connectivity index (χ0v) is 14.5. The quantitative estimate of drug-likeness (QED) is 0.797. The van der Waals surface area contributed by atoms with E-state index >= 15 is 0 Å². The van der Waals surface area contributed by atoms with E-state index in [2.05, 4.69) is 39.5 Å². The van der Waals surface area contributed by atoms with Gasteiger partial charge in [0.1, 0.15) is 5.54 Å². The summed E-state index contributed by atoms with van der Waals surface area (Å²) in [6.07, 6.45) is 7.25. The Kier molecular flexibility index (Phi) is 4.42. The molecule has 2 rings (SSSR count). The second-order valence-electron chi connectivity index (χ2n) is 7.96. The number of carbonyl (C=O) groups is 1. The second-order valence-corrected chi connectivity index (χ2v) is 7.96. The third-order valence-corrected chi connectivity index (χ3v) is 5.87. The van der Waals surface area contributed by atoms with Gasteiger partial charge >= 0.3 is 0 Å². The van der Waals surface area contributed by atoms with Gasteiger partial charge in [0.25, 0.3) is 0 Å². The van der Waals surface area contributed by atoms with Crippen molar-refractivity contribution in [3.05, 3.63) is 0 Å². The van der Waals surface area contributed by atoms with Crippen molar-refractivity contribution in [2.75, 3.05) is 6.54 Å². The minimum absolute atomic E-state index is 0.0848. The Morgan fingerprint density at radius 3 is 2.05 bits per heavy atom. The number of rotatable bonds is 2. The van der Waals surface area contributed by atoms with Crippen LogP contribution in [0.15, 0.2) is 0 Å². The molecule has 1 saturated carbocycles. The summed E-state index contributed by atoms with van der Waals surface area (Å²) in [6, 6.07) is 0. The van der Waals surface area contributed by atoms with Gasteiger partial charge in [-0.2, -0.15) is 0 Å². The highest BCUT2D eigenvalue weighted by atomic mass is 16.2. The number of hydrogen-bond acceptors (Lipinski definition) is 3. The normalized spacial score (nSPS) is 26.4. The lowest BCUT2D eigenvalue weighted by atomic mass is 9.72. The Morgan fingerprint density at radius 2 is 1.62 bits per heavy atom. The largest absolute Gasteiger partial charge is 0.334 e. The van der Waals surface area contributed by atoms with Crippen LogP contribution in [0.25, 0.3) is 0 Å². The van der Waals surface area contributed by atoms with E-state index in [0.29, 0.717) is 0 Å². The van der Waals surface area contributed by atoms with Crippen molar-refractivity contribution in [1.29, 1.82) is 0 Å². The smallest absolute Gasteiger partial charge is 0.244 e. The third-order valence-electron chi connectivity index (χ3n) is 5.87. The molecule has 0 atom stereocenters. The SMILES string of the molecule is CCC1(CC)CN(C(C)(C)C)C(=O)C2(CCCCC2)N1N. The van der Waals surface area contributed by atoms with Crippen molar-refractivity contribution < 1.29 is 4.79 Å². The van der Waals surface area contributed by atoms with Gasteiger partial charge in [0.05, 0.1) is 5.54 Å². The first-order valence-corrected chi connectivity index (χ1v) is 8.60. The number of amides is 1. The summed E-state index contributed by atoms with van der Waals surface area (Å²) in [4.78, 5) is 15.4. The molecule has 4 nitrogen and oxygen atoms in total. The predicted octanol–water partition coefficient (Wildman–Crippen LogP) is 3.06. The molecule has 0 bridgehead atoms. The fraction of sp³-hybridized carbons (Fsp3) is 0.941. The number of hydrazine groups is 1. The van der Waals surface area contributed by atoms with Crippen molar-refractivity contribution in [1.82, 2.24) is 9.91 Å². The third kappa shape index (κ3) is 2.50. The molecule has 0 aromatic heterocycles. The summed E-state index contributed by atoms with van der Waals surface area (Å²) in [5, 5.41) is 1.99. The minimum Gasteiger partial charge on any atom is -0.334 e. The summed E-state index contributed by atoms with van der Waals surface area (Å²) < 4.78 is 0. The van der Waals surface area contributed by atoms with Crippen molar-refractivity contribution in [2.24, 2.45) is 5.84 Å². The topological polar surface area (TPSA) is 49.6 Å². The lowest BCUT2D eigenvalue weighted by molar-refractivity contribution is -0.181. The zero-order valence-electron chi connectivity index (χ0n) is 14.5. The van der Waals surface area contributed by atoms with Gasteiger partial charge in [0, 0.05) is 12.1 Å². The summed E-state index contributed by atoms with van der Waals surface area (Å²) in [6.45, 7) is 11.6. The fourth-order valence-corrected chi connectivity index (χ4v) is 4.20. The van der Waals surface area contributed by atoms with Crippen molar-refractivity contribution in [2.45, 2.75) is 96.2 Å². The number of carbonyl (C=O) groups excluding carboxylic acids is 1. The summed E-state index contributed by atoms with van der Waals surface area (Å²) in [7, 11) is 0. The summed E-state index contributed by atoms with van der Waals surface area (Å²) in [5.41, 5.74) is -0.688. The molecular formula is C17H33N3O. The molecule has 0 radical (unpaired) electrons. The molecular weight excluding hydrogens is 262 g/mol. The molecule has 1 aliphatic carbocycles. The molecule has 1 heterocycles. The van der Waals surface area contributed by atoms with E-state index in [0.717, 1.165) is 45.1 Å². The monoisotopic (exact) mass is 295 g/mol. The first-order chi connectivity index (χ1) is 9.73. The Hall–Kier alpha value is -0.610. The molecule has 1 spiro atoms. The van der Waals surface area contributed by atoms with Crippen LogP contribution in [-0.4, -0.2) is 39.0 Å². The van der Waals surface area contributed by atoms with Crippen LogP contribution >= 0.6 is 0 Å². The Labute approximate surface area is 130 Å². The molecule has 0 aromatic rings. The molecule has 0 aromatic carbocycles. The molecule has 21 heavy (non-hydrogen) atoms. The molecule has 1 aliphatic heterocycles. The lowest BCUT2D eigenvalue weighted by Crippen LogP contribution is -2.79. The van der Waals surface area contributed by atoms with Crippen molar-refractivity contribution in [3.8, 4) is 0 Å². The van der Waals surface area contributed by atoms with Crippen molar-refractivity contribution in [3.63, 3.8) is 0 Å². The van der Waals surface area contributed by atoms with E-state index in [1.807, 2.05) is 5.01 Å². The van der Waals surface area contributed by atoms with Crippen LogP contribution in [0.3, 0.4) is 0 Å². The van der Waals surface area contributed by atoms with Crippen molar-refractivity contribution >= 4 is 5.91 Å². The van der Waals surface area contributed by atoms with Crippen LogP contribution in [0.2, 0.25) is 0 Å². The number of piperazine rings is 1. The van der Waals surface area contributed by atoms with Crippen LogP contribution in [-0.2, 0) is 4.79 Å². The molecule has 1 saturated heterocycles. The highest BCUT2D eigenvalue weighted by Crippen LogP contribution is 2.44. The van der Waals surface area contributed by atoms with Gasteiger partial charge in [-0.25, -0.2) is 5.01 Å². The van der Waals surface area contributed by atoms with Crippen LogP contribution in [0, 0.1) is 0 Å². The highest BCUT2D eigenvalue weighted by Gasteiger charge is 2.58. The molecule has 2 fully saturated rings. The standard InChI is InChI=1S/C17H33N3O/c1-6-16(7-2)13-19(15(3,4)5)14(21)17(20(16)18)11-9-8-10-12-17/h6-13,18H2,1-5H3. The van der Waals surface area contributed by atoms with Crippen LogP contribution in [0.5, 0.6) is 0 Å². The van der Waals surface area contributed by atoms with Gasteiger partial charge in [0.15, 0.2) is 0 Å². The minimum atomic E-state index is -0.462. The first kappa shape index (κ1) is 16.8. The lowest BCUT2D eigenvalue weighted by Gasteiger charge is -2.61. The Morgan fingerprint density at radius 1 is 1.10 bits per heavy atom. The maximum Gasteiger partial charge on any atom is 0.244 e. The number of nitrogens with two attached hydrogens (primary N) is 1. The van der Waals surface area contributed by atoms with E-state index in [1.165, 1.54) is 6.42 Å². The van der Waals surface area contributed by atoms with Gasteiger partial charge in [-0.3, -0.25) is 10.6 Å². The van der Waals surface area contributed by atoms with E-state index in [1.54, 1.807) is 0 Å². The van der Waals surface area contributed by atoms with Crippen LogP contribution in [0.1, 0.15) is 79.6 Å². The molecule has 2 N–H and O–H groups in total. The average molecular weight is 295 g/mol. The van der Waals surface area contributed by atoms with Gasteiger partial charge < -0.3 is 4.90 Å². The summed E-state index contributed by atoms with van der Waals surface area (Å²) >= 11 is 0. The van der Waals surface area contributed by atoms with E-state index in [4.69, 9.17) is 5.84 Å². The van der Waals surface area contributed by atoms with Gasteiger partial charge in [-0.05, 0) is 46.5 Å². The first-order valence-electron chi connectivity index (χ1n) is 8.60. The van der Waals surface area contributed by atoms with E-state index in [9.17, 15) is 4.79 Å².